The van der Waals surface area contributed by atoms with E-state index in [0.717, 1.165) is 68.3 Å². The van der Waals surface area contributed by atoms with Crippen LogP contribution < -0.4 is 11.2 Å². The van der Waals surface area contributed by atoms with Crippen molar-refractivity contribution in [3.63, 3.8) is 0 Å². The summed E-state index contributed by atoms with van der Waals surface area (Å²) in [5, 5.41) is 0. The predicted molar refractivity (Wildman–Crippen MR) is 132 cm³/mol. The Hall–Kier alpha value is -3.17. The van der Waals surface area contributed by atoms with Crippen LogP contribution in [0.5, 0.6) is 0 Å². The van der Waals surface area contributed by atoms with Gasteiger partial charge in [-0.15, -0.1) is 0 Å². The van der Waals surface area contributed by atoms with E-state index in [4.69, 9.17) is 9.72 Å². The first-order valence-corrected chi connectivity index (χ1v) is 11.9. The summed E-state index contributed by atoms with van der Waals surface area (Å²) in [4.78, 5) is 34.0. The number of rotatable bonds is 6. The van der Waals surface area contributed by atoms with Gasteiger partial charge in [-0.3, -0.25) is 23.2 Å². The molecule has 1 aromatic carbocycles. The fraction of sp³-hybridized carbons (Fsp3) is 0.480. The molecule has 0 unspecified atom stereocenters. The summed E-state index contributed by atoms with van der Waals surface area (Å²) in [7, 11) is 1.69. The Balaban J connectivity index is 1.58. The van der Waals surface area contributed by atoms with Crippen LogP contribution in [0.1, 0.15) is 28.9 Å². The van der Waals surface area contributed by atoms with Crippen molar-refractivity contribution in [1.82, 2.24) is 28.0 Å². The van der Waals surface area contributed by atoms with Crippen molar-refractivity contribution in [1.29, 1.82) is 0 Å². The van der Waals surface area contributed by atoms with Crippen LogP contribution in [0.4, 0.5) is 0 Å². The average Bonchev–Trinajstić information content (AvgIpc) is 3.34. The first kappa shape index (κ1) is 22.6. The lowest BCUT2D eigenvalue weighted by Crippen LogP contribution is -2.39. The van der Waals surface area contributed by atoms with Crippen LogP contribution >= 0.6 is 0 Å². The molecule has 1 aliphatic heterocycles. The highest BCUT2D eigenvalue weighted by Gasteiger charge is 2.23. The Bertz CT molecular complexity index is 1480. The molecule has 1 aliphatic rings. The van der Waals surface area contributed by atoms with E-state index < -0.39 is 0 Å². The number of hydrogen-bond donors (Lipinski definition) is 0. The second kappa shape index (κ2) is 8.88. The summed E-state index contributed by atoms with van der Waals surface area (Å²) in [6.07, 6.45) is 0.976. The number of ether oxygens (including phenoxy) is 1. The van der Waals surface area contributed by atoms with Gasteiger partial charge in [-0.25, -0.2) is 4.79 Å². The summed E-state index contributed by atoms with van der Waals surface area (Å²) in [6.45, 7) is 11.6. The molecule has 0 radical (unpaired) electrons. The van der Waals surface area contributed by atoms with Gasteiger partial charge in [-0.1, -0.05) is 24.3 Å². The maximum absolute atomic E-state index is 13.6. The third-order valence-electron chi connectivity index (χ3n) is 7.18. The molecule has 0 bridgehead atoms. The number of benzene rings is 1. The first-order chi connectivity index (χ1) is 16.4. The van der Waals surface area contributed by atoms with Crippen LogP contribution in [0.25, 0.3) is 16.9 Å². The maximum Gasteiger partial charge on any atom is 0.332 e. The predicted octanol–water partition coefficient (Wildman–Crippen LogP) is 1.85. The van der Waals surface area contributed by atoms with E-state index >= 15 is 0 Å². The highest BCUT2D eigenvalue weighted by Crippen LogP contribution is 2.21. The Morgan fingerprint density at radius 2 is 1.71 bits per heavy atom. The average molecular weight is 465 g/mol. The van der Waals surface area contributed by atoms with Crippen LogP contribution in [0.3, 0.4) is 0 Å². The number of morpholine rings is 1. The van der Waals surface area contributed by atoms with E-state index in [9.17, 15) is 9.59 Å². The summed E-state index contributed by atoms with van der Waals surface area (Å²) in [5.41, 5.74) is 4.29. The normalized spacial score (nSPS) is 15.1. The fourth-order valence-corrected chi connectivity index (χ4v) is 4.96. The minimum Gasteiger partial charge on any atom is -0.379 e. The summed E-state index contributed by atoms with van der Waals surface area (Å²) >= 11 is 0. The number of imidazole rings is 2. The molecule has 3 aromatic heterocycles. The number of nitrogens with zero attached hydrogens (tertiary/aromatic N) is 6. The number of aromatic nitrogens is 5. The van der Waals surface area contributed by atoms with Gasteiger partial charge in [0, 0.05) is 44.6 Å². The van der Waals surface area contributed by atoms with E-state index in [1.54, 1.807) is 7.05 Å². The van der Waals surface area contributed by atoms with E-state index in [-0.39, 0.29) is 17.8 Å². The second-order valence-electron chi connectivity index (χ2n) is 9.21. The fourth-order valence-electron chi connectivity index (χ4n) is 4.96. The smallest absolute Gasteiger partial charge is 0.332 e. The van der Waals surface area contributed by atoms with Crippen molar-refractivity contribution in [3.05, 3.63) is 67.6 Å². The molecule has 9 heteroatoms. The molecular weight excluding hydrogens is 432 g/mol. The molecule has 180 valence electrons. The molecule has 4 aromatic rings. The molecule has 0 amide bonds. The van der Waals surface area contributed by atoms with Crippen LogP contribution in [0, 0.1) is 20.8 Å². The Labute approximate surface area is 197 Å². The zero-order valence-electron chi connectivity index (χ0n) is 20.4. The largest absolute Gasteiger partial charge is 0.379 e. The first-order valence-electron chi connectivity index (χ1n) is 11.9. The van der Waals surface area contributed by atoms with Gasteiger partial charge in [0.2, 0.25) is 5.78 Å². The minimum absolute atomic E-state index is 0.236. The molecule has 1 saturated heterocycles. The monoisotopic (exact) mass is 464 g/mol. The maximum atomic E-state index is 13.6. The highest BCUT2D eigenvalue weighted by atomic mass is 16.5. The summed E-state index contributed by atoms with van der Waals surface area (Å²) in [6, 6.07) is 7.83. The molecule has 34 heavy (non-hydrogen) atoms. The molecule has 0 atom stereocenters. The van der Waals surface area contributed by atoms with Gasteiger partial charge in [0.05, 0.1) is 19.8 Å². The van der Waals surface area contributed by atoms with Crippen molar-refractivity contribution in [3.8, 4) is 0 Å². The van der Waals surface area contributed by atoms with Gasteiger partial charge >= 0.3 is 5.69 Å². The SMILES string of the molecule is Cc1ccccc1Cn1c(=O)c2c(nc3n(CCCN4CCOCC4)c(C)c(C)n23)n(C)c1=O. The van der Waals surface area contributed by atoms with Gasteiger partial charge < -0.3 is 9.30 Å². The van der Waals surface area contributed by atoms with E-state index in [2.05, 4.69) is 16.4 Å². The highest BCUT2D eigenvalue weighted by molar-refractivity contribution is 5.76. The molecular formula is C25H32N6O3. The Morgan fingerprint density at radius 1 is 0.971 bits per heavy atom. The van der Waals surface area contributed by atoms with Crippen molar-refractivity contribution in [2.45, 2.75) is 40.3 Å². The van der Waals surface area contributed by atoms with E-state index in [1.807, 2.05) is 42.5 Å². The van der Waals surface area contributed by atoms with Crippen molar-refractivity contribution < 1.29 is 4.74 Å². The van der Waals surface area contributed by atoms with Crippen molar-refractivity contribution >= 4 is 16.9 Å². The van der Waals surface area contributed by atoms with Gasteiger partial charge in [-0.2, -0.15) is 4.98 Å². The second-order valence-corrected chi connectivity index (χ2v) is 9.21. The minimum atomic E-state index is -0.352. The lowest BCUT2D eigenvalue weighted by atomic mass is 10.1. The lowest BCUT2D eigenvalue weighted by molar-refractivity contribution is 0.0369. The van der Waals surface area contributed by atoms with Crippen LogP contribution in [-0.2, 0) is 24.9 Å². The Morgan fingerprint density at radius 3 is 2.44 bits per heavy atom. The van der Waals surface area contributed by atoms with E-state index in [0.29, 0.717) is 16.9 Å². The molecule has 1 fully saturated rings. The topological polar surface area (TPSA) is 78.7 Å². The van der Waals surface area contributed by atoms with Crippen LogP contribution in [-0.4, -0.2) is 60.8 Å². The van der Waals surface area contributed by atoms with Crippen molar-refractivity contribution in [2.75, 3.05) is 32.8 Å². The quantitative estimate of drug-likeness (QED) is 0.435. The molecule has 9 nitrogen and oxygen atoms in total. The van der Waals surface area contributed by atoms with Crippen molar-refractivity contribution in [2.24, 2.45) is 7.05 Å². The standard InChI is InChI=1S/C25H32N6O3/c1-17-8-5-6-9-20(17)16-30-23(32)21-22(27(4)25(30)33)26-24-29(18(2)19(3)31(21)24)11-7-10-28-12-14-34-15-13-28/h5-6,8-9H,7,10-16H2,1-4H3. The Kier molecular flexibility index (Phi) is 5.91. The zero-order chi connectivity index (χ0) is 24.0. The van der Waals surface area contributed by atoms with Gasteiger partial charge in [0.1, 0.15) is 0 Å². The number of aryl methyl sites for hydroxylation is 4. The molecule has 0 N–H and O–H groups in total. The molecule has 4 heterocycles. The van der Waals surface area contributed by atoms with Gasteiger partial charge in [-0.05, 0) is 38.3 Å². The third-order valence-corrected chi connectivity index (χ3v) is 7.18. The lowest BCUT2D eigenvalue weighted by Gasteiger charge is -2.26. The molecule has 0 aliphatic carbocycles. The van der Waals surface area contributed by atoms with Crippen LogP contribution in [0.15, 0.2) is 33.9 Å². The van der Waals surface area contributed by atoms with Crippen LogP contribution in [0.2, 0.25) is 0 Å². The summed E-state index contributed by atoms with van der Waals surface area (Å²) in [5.74, 6) is 0.715. The molecule has 0 spiro atoms. The molecule has 5 rings (SSSR count). The van der Waals surface area contributed by atoms with Gasteiger partial charge in [0.15, 0.2) is 11.2 Å². The molecule has 0 saturated carbocycles. The zero-order valence-corrected chi connectivity index (χ0v) is 20.4. The number of hydrogen-bond acceptors (Lipinski definition) is 5. The number of fused-ring (bicyclic) bond motifs is 3. The van der Waals surface area contributed by atoms with Gasteiger partial charge in [0.25, 0.3) is 5.56 Å². The summed E-state index contributed by atoms with van der Waals surface area (Å²) < 4.78 is 12.4. The third kappa shape index (κ3) is 3.69. The van der Waals surface area contributed by atoms with E-state index in [1.165, 1.54) is 9.13 Å².